The van der Waals surface area contributed by atoms with Gasteiger partial charge in [0.05, 0.1) is 12.1 Å². The fraction of sp³-hybridized carbons (Fsp3) is 0.455. The second-order valence-corrected chi connectivity index (χ2v) is 7.55. The highest BCUT2D eigenvalue weighted by Crippen LogP contribution is 2.39. The van der Waals surface area contributed by atoms with Crippen LogP contribution in [-0.2, 0) is 9.53 Å². The number of rotatable bonds is 6. The Morgan fingerprint density at radius 2 is 1.83 bits per heavy atom. The molecule has 2 fully saturated rings. The van der Waals surface area contributed by atoms with Gasteiger partial charge in [0.2, 0.25) is 0 Å². The quantitative estimate of drug-likeness (QED) is 0.748. The van der Waals surface area contributed by atoms with E-state index in [2.05, 4.69) is 9.88 Å². The maximum absolute atomic E-state index is 12.9. The molecule has 0 radical (unpaired) electrons. The molecule has 1 amide bonds. The minimum atomic E-state index is -0.322. The van der Waals surface area contributed by atoms with Crippen LogP contribution in [-0.4, -0.2) is 66.2 Å². The molecule has 2 atom stereocenters. The second-order valence-electron chi connectivity index (χ2n) is 7.55. The first-order valence-corrected chi connectivity index (χ1v) is 10.0. The smallest absolute Gasteiger partial charge is 0.260 e. The molecular weight excluding hydrogens is 373 g/mol. The lowest BCUT2D eigenvalue weighted by molar-refractivity contribution is -0.139. The van der Waals surface area contributed by atoms with Crippen LogP contribution in [0.25, 0.3) is 0 Å². The van der Waals surface area contributed by atoms with Crippen LogP contribution in [0.2, 0.25) is 0 Å². The molecule has 6 nitrogen and oxygen atoms in total. The number of methoxy groups -OCH3 is 1. The van der Waals surface area contributed by atoms with Crippen molar-refractivity contribution in [3.8, 4) is 5.75 Å². The highest BCUT2D eigenvalue weighted by atomic mass is 19.1. The van der Waals surface area contributed by atoms with Crippen molar-refractivity contribution in [3.63, 3.8) is 0 Å². The van der Waals surface area contributed by atoms with E-state index in [-0.39, 0.29) is 30.5 Å². The van der Waals surface area contributed by atoms with E-state index in [1.54, 1.807) is 7.11 Å². The molecule has 0 saturated carbocycles. The number of halogens is 1. The number of aromatic nitrogens is 1. The zero-order valence-corrected chi connectivity index (χ0v) is 16.5. The SMILES string of the molecule is CO[C@H]1CN(C2CCN(C(=O)COc3ccc(F)cc3)CC2)[C@H]1c1ccncc1. The van der Waals surface area contributed by atoms with Gasteiger partial charge < -0.3 is 14.4 Å². The highest BCUT2D eigenvalue weighted by molar-refractivity contribution is 5.77. The Morgan fingerprint density at radius 1 is 1.14 bits per heavy atom. The van der Waals surface area contributed by atoms with Gasteiger partial charge in [-0.3, -0.25) is 14.7 Å². The molecule has 154 valence electrons. The van der Waals surface area contributed by atoms with E-state index >= 15 is 0 Å². The van der Waals surface area contributed by atoms with E-state index in [9.17, 15) is 9.18 Å². The Bertz CT molecular complexity index is 810. The third-order valence-corrected chi connectivity index (χ3v) is 5.91. The van der Waals surface area contributed by atoms with Crippen LogP contribution in [0.1, 0.15) is 24.4 Å². The van der Waals surface area contributed by atoms with Gasteiger partial charge in [-0.15, -0.1) is 0 Å². The average molecular weight is 399 g/mol. The molecule has 0 spiro atoms. The minimum Gasteiger partial charge on any atom is -0.484 e. The molecule has 7 heteroatoms. The summed E-state index contributed by atoms with van der Waals surface area (Å²) >= 11 is 0. The number of pyridine rings is 1. The van der Waals surface area contributed by atoms with E-state index in [1.165, 1.54) is 29.8 Å². The monoisotopic (exact) mass is 399 g/mol. The first-order chi connectivity index (χ1) is 14.2. The molecule has 2 aromatic rings. The van der Waals surface area contributed by atoms with Crippen LogP contribution >= 0.6 is 0 Å². The van der Waals surface area contributed by atoms with Gasteiger partial charge in [0.15, 0.2) is 6.61 Å². The van der Waals surface area contributed by atoms with Crippen LogP contribution in [0.4, 0.5) is 4.39 Å². The third-order valence-electron chi connectivity index (χ3n) is 5.91. The lowest BCUT2D eigenvalue weighted by Crippen LogP contribution is -2.60. The molecule has 0 aliphatic carbocycles. The zero-order valence-electron chi connectivity index (χ0n) is 16.5. The number of hydrogen-bond acceptors (Lipinski definition) is 5. The molecule has 2 aliphatic rings. The second kappa shape index (κ2) is 8.88. The van der Waals surface area contributed by atoms with E-state index in [0.29, 0.717) is 24.9 Å². The first-order valence-electron chi connectivity index (χ1n) is 10.0. The van der Waals surface area contributed by atoms with E-state index in [4.69, 9.17) is 9.47 Å². The normalized spacial score (nSPS) is 22.9. The van der Waals surface area contributed by atoms with Gasteiger partial charge in [-0.05, 0) is 54.8 Å². The van der Waals surface area contributed by atoms with Crippen LogP contribution < -0.4 is 4.74 Å². The van der Waals surface area contributed by atoms with Gasteiger partial charge in [-0.1, -0.05) is 0 Å². The van der Waals surface area contributed by atoms with Gasteiger partial charge >= 0.3 is 0 Å². The maximum Gasteiger partial charge on any atom is 0.260 e. The van der Waals surface area contributed by atoms with Crippen LogP contribution in [0.3, 0.4) is 0 Å². The molecule has 4 rings (SSSR count). The Kier molecular flexibility index (Phi) is 6.06. The van der Waals surface area contributed by atoms with E-state index in [0.717, 1.165) is 19.4 Å². The summed E-state index contributed by atoms with van der Waals surface area (Å²) in [7, 11) is 1.76. The lowest BCUT2D eigenvalue weighted by atomic mass is 9.87. The van der Waals surface area contributed by atoms with Gasteiger partial charge in [0, 0.05) is 45.2 Å². The third kappa shape index (κ3) is 4.41. The number of benzene rings is 1. The summed E-state index contributed by atoms with van der Waals surface area (Å²) in [4.78, 5) is 20.9. The molecule has 2 aliphatic heterocycles. The van der Waals surface area contributed by atoms with Crippen molar-refractivity contribution in [2.75, 3.05) is 33.4 Å². The number of hydrogen-bond donors (Lipinski definition) is 0. The zero-order chi connectivity index (χ0) is 20.2. The molecule has 0 bridgehead atoms. The summed E-state index contributed by atoms with van der Waals surface area (Å²) in [5, 5.41) is 0. The predicted octanol–water partition coefficient (Wildman–Crippen LogP) is 2.66. The minimum absolute atomic E-state index is 0.0224. The molecule has 3 heterocycles. The van der Waals surface area contributed by atoms with Gasteiger partial charge in [-0.25, -0.2) is 4.39 Å². The van der Waals surface area contributed by atoms with Crippen molar-refractivity contribution in [1.82, 2.24) is 14.8 Å². The molecule has 2 saturated heterocycles. The fourth-order valence-corrected chi connectivity index (χ4v) is 4.26. The number of amides is 1. The van der Waals surface area contributed by atoms with Crippen LogP contribution in [0.15, 0.2) is 48.8 Å². The highest BCUT2D eigenvalue weighted by Gasteiger charge is 2.44. The number of nitrogens with zero attached hydrogens (tertiary/aromatic N) is 3. The van der Waals surface area contributed by atoms with E-state index in [1.807, 2.05) is 29.4 Å². The number of piperidine rings is 1. The van der Waals surface area contributed by atoms with Crippen molar-refractivity contribution in [2.24, 2.45) is 0 Å². The summed E-state index contributed by atoms with van der Waals surface area (Å²) in [5.41, 5.74) is 1.23. The summed E-state index contributed by atoms with van der Waals surface area (Å²) < 4.78 is 24.1. The van der Waals surface area contributed by atoms with Crippen molar-refractivity contribution < 1.29 is 18.7 Å². The molecular formula is C22H26FN3O3. The Labute approximate surface area is 170 Å². The molecule has 0 unspecified atom stereocenters. The molecule has 29 heavy (non-hydrogen) atoms. The number of ether oxygens (including phenoxy) is 2. The van der Waals surface area contributed by atoms with Crippen LogP contribution in [0.5, 0.6) is 5.75 Å². The maximum atomic E-state index is 12.9. The molecule has 1 aromatic carbocycles. The van der Waals surface area contributed by atoms with Gasteiger partial charge in [-0.2, -0.15) is 0 Å². The Balaban J connectivity index is 1.28. The first kappa shape index (κ1) is 19.8. The lowest BCUT2D eigenvalue weighted by Gasteiger charge is -2.53. The summed E-state index contributed by atoms with van der Waals surface area (Å²) in [6.45, 7) is 2.32. The summed E-state index contributed by atoms with van der Waals surface area (Å²) in [6.07, 6.45) is 5.70. The standard InChI is InChI=1S/C22H26FN3O3/c1-28-20-14-26(22(20)16-6-10-24-11-7-16)18-8-12-25(13-9-18)21(27)15-29-19-4-2-17(23)3-5-19/h2-7,10-11,18,20,22H,8-9,12-15H2,1H3/t20-,22-/m0/s1. The van der Waals surface area contributed by atoms with Crippen molar-refractivity contribution in [2.45, 2.75) is 31.0 Å². The van der Waals surface area contributed by atoms with Crippen LogP contribution in [0, 0.1) is 5.82 Å². The van der Waals surface area contributed by atoms with Crippen molar-refractivity contribution in [3.05, 3.63) is 60.2 Å². The Morgan fingerprint density at radius 3 is 2.48 bits per heavy atom. The van der Waals surface area contributed by atoms with Gasteiger partial charge in [0.1, 0.15) is 11.6 Å². The van der Waals surface area contributed by atoms with E-state index < -0.39 is 0 Å². The fourth-order valence-electron chi connectivity index (χ4n) is 4.26. The Hall–Kier alpha value is -2.51. The van der Waals surface area contributed by atoms with Gasteiger partial charge in [0.25, 0.3) is 5.91 Å². The molecule has 1 aromatic heterocycles. The largest absolute Gasteiger partial charge is 0.484 e. The van der Waals surface area contributed by atoms with Crippen molar-refractivity contribution >= 4 is 5.91 Å². The summed E-state index contributed by atoms with van der Waals surface area (Å²) in [6, 6.07) is 10.5. The topological polar surface area (TPSA) is 54.9 Å². The average Bonchev–Trinajstić information content (AvgIpc) is 2.74. The molecule has 0 N–H and O–H groups in total. The number of carbonyl (C=O) groups excluding carboxylic acids is 1. The predicted molar refractivity (Wildman–Crippen MR) is 106 cm³/mol. The number of likely N-dealkylation sites (tertiary alicyclic amines) is 2. The number of carbonyl (C=O) groups is 1. The summed E-state index contributed by atoms with van der Waals surface area (Å²) in [5.74, 6) is 0.148. The van der Waals surface area contributed by atoms with Crippen molar-refractivity contribution in [1.29, 1.82) is 0 Å².